The van der Waals surface area contributed by atoms with Crippen molar-refractivity contribution in [2.75, 3.05) is 13.2 Å². The molecular formula is C15H21N3OS. The van der Waals surface area contributed by atoms with Gasteiger partial charge in [-0.3, -0.25) is 4.90 Å². The molecule has 20 heavy (non-hydrogen) atoms. The van der Waals surface area contributed by atoms with Crippen LogP contribution < -0.4 is 0 Å². The molecule has 0 spiro atoms. The zero-order valence-corrected chi connectivity index (χ0v) is 12.7. The Kier molecular flexibility index (Phi) is 4.50. The van der Waals surface area contributed by atoms with Gasteiger partial charge >= 0.3 is 0 Å². The minimum Gasteiger partial charge on any atom is -0.377 e. The lowest BCUT2D eigenvalue weighted by molar-refractivity contribution is 0.0670. The first-order valence-corrected chi connectivity index (χ1v) is 8.02. The van der Waals surface area contributed by atoms with Crippen molar-refractivity contribution in [2.24, 2.45) is 7.05 Å². The van der Waals surface area contributed by atoms with E-state index in [-0.39, 0.29) is 0 Å². The zero-order valence-electron chi connectivity index (χ0n) is 11.9. The van der Waals surface area contributed by atoms with Gasteiger partial charge in [0.15, 0.2) is 0 Å². The van der Waals surface area contributed by atoms with Gasteiger partial charge in [-0.25, -0.2) is 4.98 Å². The number of aromatic nitrogens is 2. The molecule has 0 bridgehead atoms. The Bertz CT molecular complexity index is 517. The smallest absolute Gasteiger partial charge is 0.122 e. The lowest BCUT2D eigenvalue weighted by Crippen LogP contribution is -2.32. The van der Waals surface area contributed by atoms with Gasteiger partial charge in [-0.05, 0) is 24.3 Å². The summed E-state index contributed by atoms with van der Waals surface area (Å²) in [6.07, 6.45) is 6.63. The van der Waals surface area contributed by atoms with Crippen LogP contribution in [-0.4, -0.2) is 33.7 Å². The molecule has 0 amide bonds. The summed E-state index contributed by atoms with van der Waals surface area (Å²) in [7, 11) is 2.05. The SMILES string of the molecule is Cn1ccnc1CN(Cc1cccs1)CC1CCCO1. The first-order valence-electron chi connectivity index (χ1n) is 7.14. The molecule has 1 aliphatic heterocycles. The molecule has 4 nitrogen and oxygen atoms in total. The number of aryl methyl sites for hydroxylation is 1. The first kappa shape index (κ1) is 13.8. The van der Waals surface area contributed by atoms with E-state index in [9.17, 15) is 0 Å². The molecule has 0 aliphatic carbocycles. The van der Waals surface area contributed by atoms with Crippen LogP contribution in [0.2, 0.25) is 0 Å². The van der Waals surface area contributed by atoms with Crippen molar-refractivity contribution in [3.05, 3.63) is 40.6 Å². The van der Waals surface area contributed by atoms with Crippen LogP contribution in [0.3, 0.4) is 0 Å². The van der Waals surface area contributed by atoms with Gasteiger partial charge in [0.2, 0.25) is 0 Å². The fourth-order valence-corrected chi connectivity index (χ4v) is 3.38. The summed E-state index contributed by atoms with van der Waals surface area (Å²) in [5.74, 6) is 1.11. The Morgan fingerprint density at radius 1 is 1.50 bits per heavy atom. The van der Waals surface area contributed by atoms with Crippen molar-refractivity contribution in [1.29, 1.82) is 0 Å². The van der Waals surface area contributed by atoms with Gasteiger partial charge in [-0.1, -0.05) is 6.07 Å². The summed E-state index contributed by atoms with van der Waals surface area (Å²) in [5, 5.41) is 2.14. The zero-order chi connectivity index (χ0) is 13.8. The number of ether oxygens (including phenoxy) is 1. The molecule has 0 radical (unpaired) electrons. The minimum absolute atomic E-state index is 0.384. The molecule has 3 heterocycles. The summed E-state index contributed by atoms with van der Waals surface area (Å²) in [4.78, 5) is 8.29. The molecule has 0 saturated carbocycles. The second-order valence-corrected chi connectivity index (χ2v) is 6.37. The largest absolute Gasteiger partial charge is 0.377 e. The molecule has 1 atom stereocenters. The minimum atomic E-state index is 0.384. The van der Waals surface area contributed by atoms with Gasteiger partial charge < -0.3 is 9.30 Å². The average molecular weight is 291 g/mol. The van der Waals surface area contributed by atoms with Gasteiger partial charge in [0.05, 0.1) is 12.6 Å². The molecule has 5 heteroatoms. The van der Waals surface area contributed by atoms with Crippen molar-refractivity contribution in [3.8, 4) is 0 Å². The molecule has 3 rings (SSSR count). The van der Waals surface area contributed by atoms with E-state index in [1.807, 2.05) is 23.7 Å². The number of nitrogens with zero attached hydrogens (tertiary/aromatic N) is 3. The van der Waals surface area contributed by atoms with Crippen LogP contribution in [0, 0.1) is 0 Å². The molecule has 1 aliphatic rings. The van der Waals surface area contributed by atoms with E-state index >= 15 is 0 Å². The van der Waals surface area contributed by atoms with Crippen LogP contribution >= 0.6 is 11.3 Å². The van der Waals surface area contributed by atoms with Gasteiger partial charge in [-0.2, -0.15) is 0 Å². The van der Waals surface area contributed by atoms with Crippen molar-refractivity contribution in [2.45, 2.75) is 32.0 Å². The Labute approximate surface area is 124 Å². The summed E-state index contributed by atoms with van der Waals surface area (Å²) < 4.78 is 7.88. The van der Waals surface area contributed by atoms with Gasteiger partial charge in [-0.15, -0.1) is 11.3 Å². The third kappa shape index (κ3) is 3.48. The number of thiophene rings is 1. The van der Waals surface area contributed by atoms with Crippen LogP contribution in [-0.2, 0) is 24.9 Å². The van der Waals surface area contributed by atoms with Gasteiger partial charge in [0.25, 0.3) is 0 Å². The Morgan fingerprint density at radius 3 is 3.10 bits per heavy atom. The topological polar surface area (TPSA) is 30.3 Å². The Morgan fingerprint density at radius 2 is 2.45 bits per heavy atom. The monoisotopic (exact) mass is 291 g/mol. The first-order chi connectivity index (χ1) is 9.81. The molecule has 1 fully saturated rings. The standard InChI is InChI=1S/C15H21N3OS/c1-17-7-6-16-15(17)12-18(10-13-4-2-8-19-13)11-14-5-3-9-20-14/h3,5-7,9,13H,2,4,8,10-12H2,1H3. The number of rotatable bonds is 6. The predicted octanol–water partition coefficient (Wildman–Crippen LogP) is 2.66. The molecule has 2 aromatic heterocycles. The highest BCUT2D eigenvalue weighted by Gasteiger charge is 2.20. The van der Waals surface area contributed by atoms with Crippen molar-refractivity contribution in [3.63, 3.8) is 0 Å². The van der Waals surface area contributed by atoms with Crippen LogP contribution in [0.1, 0.15) is 23.5 Å². The lowest BCUT2D eigenvalue weighted by Gasteiger charge is -2.24. The Hall–Kier alpha value is -1.17. The fourth-order valence-electron chi connectivity index (χ4n) is 2.63. The van der Waals surface area contributed by atoms with Gasteiger partial charge in [0.1, 0.15) is 5.82 Å². The maximum atomic E-state index is 5.79. The van der Waals surface area contributed by atoms with Crippen LogP contribution in [0.4, 0.5) is 0 Å². The third-order valence-electron chi connectivity index (χ3n) is 3.73. The summed E-state index contributed by atoms with van der Waals surface area (Å²) in [6.45, 7) is 3.76. The van der Waals surface area contributed by atoms with E-state index in [1.54, 1.807) is 0 Å². The normalized spacial score (nSPS) is 19.0. The van der Waals surface area contributed by atoms with Crippen LogP contribution in [0.25, 0.3) is 0 Å². The lowest BCUT2D eigenvalue weighted by atomic mass is 10.2. The maximum absolute atomic E-state index is 5.79. The summed E-state index contributed by atoms with van der Waals surface area (Å²) >= 11 is 1.82. The van der Waals surface area contributed by atoms with Crippen molar-refractivity contribution < 1.29 is 4.74 Å². The van der Waals surface area contributed by atoms with E-state index in [0.29, 0.717) is 6.10 Å². The second-order valence-electron chi connectivity index (χ2n) is 5.34. The van der Waals surface area contributed by atoms with Crippen molar-refractivity contribution in [1.82, 2.24) is 14.5 Å². The summed E-state index contributed by atoms with van der Waals surface area (Å²) in [6, 6.07) is 4.32. The van der Waals surface area contributed by atoms with E-state index in [1.165, 1.54) is 17.7 Å². The molecule has 108 valence electrons. The fraction of sp³-hybridized carbons (Fsp3) is 0.533. The second kappa shape index (κ2) is 6.52. The highest BCUT2D eigenvalue weighted by Crippen LogP contribution is 2.18. The quantitative estimate of drug-likeness (QED) is 0.819. The molecule has 0 N–H and O–H groups in total. The van der Waals surface area contributed by atoms with Crippen molar-refractivity contribution >= 4 is 11.3 Å². The molecular weight excluding hydrogens is 270 g/mol. The van der Waals surface area contributed by atoms with Gasteiger partial charge in [0, 0.05) is 44.0 Å². The maximum Gasteiger partial charge on any atom is 0.122 e. The predicted molar refractivity (Wildman–Crippen MR) is 80.6 cm³/mol. The highest BCUT2D eigenvalue weighted by atomic mass is 32.1. The number of hydrogen-bond donors (Lipinski definition) is 0. The van der Waals surface area contributed by atoms with E-state index in [2.05, 4.69) is 39.0 Å². The van der Waals surface area contributed by atoms with E-state index in [4.69, 9.17) is 4.74 Å². The Balaban J connectivity index is 1.67. The number of hydrogen-bond acceptors (Lipinski definition) is 4. The molecule has 0 aromatic carbocycles. The van der Waals surface area contributed by atoms with E-state index in [0.717, 1.165) is 32.1 Å². The van der Waals surface area contributed by atoms with Crippen LogP contribution in [0.15, 0.2) is 29.9 Å². The average Bonchev–Trinajstić information content (AvgIpc) is 3.15. The molecule has 1 saturated heterocycles. The highest BCUT2D eigenvalue weighted by molar-refractivity contribution is 7.09. The van der Waals surface area contributed by atoms with E-state index < -0.39 is 0 Å². The molecule has 1 unspecified atom stereocenters. The third-order valence-corrected chi connectivity index (χ3v) is 4.59. The molecule has 2 aromatic rings. The summed E-state index contributed by atoms with van der Waals surface area (Å²) in [5.41, 5.74) is 0. The number of imidazole rings is 1. The van der Waals surface area contributed by atoms with Crippen LogP contribution in [0.5, 0.6) is 0 Å².